The number of para-hydroxylation sites is 2. The molecule has 0 saturated carbocycles. The Kier molecular flexibility index (Phi) is 3.84. The normalized spacial score (nSPS) is 10.4. The first kappa shape index (κ1) is 15.4. The lowest BCUT2D eigenvalue weighted by atomic mass is 10.0. The van der Waals surface area contributed by atoms with E-state index in [0.717, 1.165) is 16.7 Å². The zero-order valence-corrected chi connectivity index (χ0v) is 13.2. The number of aryl methyl sites for hydroxylation is 2. The lowest BCUT2D eigenvalue weighted by Crippen LogP contribution is -2.03. The number of hydrogen-bond acceptors (Lipinski definition) is 4. The van der Waals surface area contributed by atoms with E-state index in [1.54, 1.807) is 24.3 Å². The molecule has 0 unspecified atom stereocenters. The maximum atomic E-state index is 11.3. The number of hydrogen-bond donors (Lipinski definition) is 0. The van der Waals surface area contributed by atoms with E-state index in [1.807, 2.05) is 38.1 Å². The van der Waals surface area contributed by atoms with Gasteiger partial charge >= 0.3 is 0 Å². The van der Waals surface area contributed by atoms with E-state index in [0.29, 0.717) is 11.4 Å². The lowest BCUT2D eigenvalue weighted by Gasteiger charge is -2.09. The summed E-state index contributed by atoms with van der Waals surface area (Å²) in [6, 6.07) is 15.9. The van der Waals surface area contributed by atoms with Crippen LogP contribution in [-0.2, 0) is 0 Å². The minimum absolute atomic E-state index is 0.0600. The van der Waals surface area contributed by atoms with E-state index in [4.69, 9.17) is 0 Å². The largest absolute Gasteiger partial charge is 0.294 e. The molecule has 0 amide bonds. The van der Waals surface area contributed by atoms with Crippen LogP contribution in [0.4, 0.5) is 5.69 Å². The van der Waals surface area contributed by atoms with Crippen molar-refractivity contribution in [2.45, 2.75) is 13.8 Å². The van der Waals surface area contributed by atoms with Gasteiger partial charge in [0, 0.05) is 17.7 Å². The zero-order valence-electron chi connectivity index (χ0n) is 13.2. The summed E-state index contributed by atoms with van der Waals surface area (Å²) in [4.78, 5) is 10.9. The molecule has 0 spiro atoms. The third-order valence-electron chi connectivity index (χ3n) is 3.93. The molecule has 6 heteroatoms. The van der Waals surface area contributed by atoms with Crippen LogP contribution in [-0.4, -0.2) is 14.7 Å². The molecule has 0 saturated heterocycles. The third kappa shape index (κ3) is 2.63. The predicted octanol–water partition coefficient (Wildman–Crippen LogP) is 3.94. The summed E-state index contributed by atoms with van der Waals surface area (Å²) in [5.41, 5.74) is 4.22. The van der Waals surface area contributed by atoms with Crippen molar-refractivity contribution in [2.75, 3.05) is 0 Å². The van der Waals surface area contributed by atoms with E-state index in [9.17, 15) is 15.4 Å². The van der Waals surface area contributed by atoms with Crippen LogP contribution in [0.3, 0.4) is 0 Å². The first-order chi connectivity index (χ1) is 11.5. The molecular weight excluding hydrogens is 304 g/mol. The second kappa shape index (κ2) is 5.97. The highest BCUT2D eigenvalue weighted by atomic mass is 16.6. The molecule has 1 aromatic heterocycles. The molecule has 118 valence electrons. The Morgan fingerprint density at radius 2 is 1.88 bits per heavy atom. The van der Waals surface area contributed by atoms with Crippen LogP contribution in [0.5, 0.6) is 0 Å². The van der Waals surface area contributed by atoms with Gasteiger partial charge in [-0.15, -0.1) is 0 Å². The van der Waals surface area contributed by atoms with E-state index in [-0.39, 0.29) is 11.4 Å². The quantitative estimate of drug-likeness (QED) is 0.541. The molecule has 0 aliphatic heterocycles. The molecule has 2 aromatic carbocycles. The molecule has 0 N–H and O–H groups in total. The van der Waals surface area contributed by atoms with E-state index in [1.165, 1.54) is 10.7 Å². The van der Waals surface area contributed by atoms with Gasteiger partial charge in [-0.05, 0) is 37.1 Å². The molecule has 0 aliphatic carbocycles. The predicted molar refractivity (Wildman–Crippen MR) is 89.8 cm³/mol. The van der Waals surface area contributed by atoms with Crippen LogP contribution in [0.25, 0.3) is 16.9 Å². The molecule has 0 fully saturated rings. The van der Waals surface area contributed by atoms with Crippen LogP contribution in [0.1, 0.15) is 16.8 Å². The van der Waals surface area contributed by atoms with Gasteiger partial charge in [0.15, 0.2) is 5.69 Å². The lowest BCUT2D eigenvalue weighted by molar-refractivity contribution is -0.384. The highest BCUT2D eigenvalue weighted by Gasteiger charge is 2.19. The number of nitrogens with zero attached hydrogens (tertiary/aromatic N) is 4. The molecule has 0 aliphatic rings. The fourth-order valence-electron chi connectivity index (χ4n) is 2.52. The Morgan fingerprint density at radius 1 is 1.12 bits per heavy atom. The summed E-state index contributed by atoms with van der Waals surface area (Å²) in [7, 11) is 0. The highest BCUT2D eigenvalue weighted by molar-refractivity contribution is 5.67. The summed E-state index contributed by atoms with van der Waals surface area (Å²) in [6.45, 7) is 4.01. The van der Waals surface area contributed by atoms with Crippen LogP contribution in [0.15, 0.2) is 48.5 Å². The number of aromatic nitrogens is 2. The summed E-state index contributed by atoms with van der Waals surface area (Å²) >= 11 is 0. The Bertz CT molecular complexity index is 983. The van der Waals surface area contributed by atoms with Gasteiger partial charge in [-0.2, -0.15) is 10.4 Å². The summed E-state index contributed by atoms with van der Waals surface area (Å²) in [5.74, 6) is 0. The van der Waals surface area contributed by atoms with Gasteiger partial charge in [-0.25, -0.2) is 4.68 Å². The average Bonchev–Trinajstić information content (AvgIpc) is 3.01. The first-order valence-electron chi connectivity index (χ1n) is 7.33. The van der Waals surface area contributed by atoms with Crippen molar-refractivity contribution in [1.29, 1.82) is 5.26 Å². The van der Waals surface area contributed by atoms with Gasteiger partial charge in [0.25, 0.3) is 5.69 Å². The smallest absolute Gasteiger partial charge is 0.258 e. The second-order valence-corrected chi connectivity index (χ2v) is 5.48. The molecule has 6 nitrogen and oxygen atoms in total. The highest BCUT2D eigenvalue weighted by Crippen LogP contribution is 2.29. The van der Waals surface area contributed by atoms with Crippen molar-refractivity contribution in [3.05, 3.63) is 75.5 Å². The maximum absolute atomic E-state index is 11.3. The number of rotatable bonds is 3. The Balaban J connectivity index is 2.27. The molecule has 24 heavy (non-hydrogen) atoms. The van der Waals surface area contributed by atoms with Crippen molar-refractivity contribution in [3.8, 4) is 23.0 Å². The van der Waals surface area contributed by atoms with Crippen molar-refractivity contribution >= 4 is 5.69 Å². The first-order valence-corrected chi connectivity index (χ1v) is 7.33. The molecular formula is C18H14N4O2. The fourth-order valence-corrected chi connectivity index (χ4v) is 2.52. The van der Waals surface area contributed by atoms with Gasteiger partial charge < -0.3 is 0 Å². The Labute approximate surface area is 138 Å². The number of nitro benzene ring substituents is 1. The second-order valence-electron chi connectivity index (χ2n) is 5.48. The molecule has 3 rings (SSSR count). The zero-order chi connectivity index (χ0) is 17.3. The minimum atomic E-state index is -0.451. The number of nitriles is 1. The van der Waals surface area contributed by atoms with Gasteiger partial charge in [0.1, 0.15) is 11.8 Å². The van der Waals surface area contributed by atoms with Gasteiger partial charge in [0.05, 0.1) is 10.6 Å². The molecule has 3 aromatic rings. The van der Waals surface area contributed by atoms with Gasteiger partial charge in [-0.1, -0.05) is 24.3 Å². The van der Waals surface area contributed by atoms with E-state index >= 15 is 0 Å². The fraction of sp³-hybridized carbons (Fsp3) is 0.111. The Hall–Kier alpha value is -3.46. The van der Waals surface area contributed by atoms with Crippen molar-refractivity contribution in [1.82, 2.24) is 9.78 Å². The Morgan fingerprint density at radius 3 is 2.54 bits per heavy atom. The SMILES string of the molecule is Cc1ccc(-c2cc(C#N)nn2-c2ccccc2[N+](=O)[O-])cc1C. The minimum Gasteiger partial charge on any atom is -0.258 e. The van der Waals surface area contributed by atoms with Crippen LogP contribution >= 0.6 is 0 Å². The van der Waals surface area contributed by atoms with Crippen LogP contribution in [0.2, 0.25) is 0 Å². The van der Waals surface area contributed by atoms with Gasteiger partial charge in [0.2, 0.25) is 0 Å². The van der Waals surface area contributed by atoms with Crippen LogP contribution in [0, 0.1) is 35.3 Å². The summed E-state index contributed by atoms with van der Waals surface area (Å²) < 4.78 is 1.46. The van der Waals surface area contributed by atoms with Crippen molar-refractivity contribution < 1.29 is 4.92 Å². The third-order valence-corrected chi connectivity index (χ3v) is 3.93. The maximum Gasteiger partial charge on any atom is 0.294 e. The van der Waals surface area contributed by atoms with Gasteiger partial charge in [-0.3, -0.25) is 10.1 Å². The average molecular weight is 318 g/mol. The van der Waals surface area contributed by atoms with Crippen LogP contribution < -0.4 is 0 Å². The van der Waals surface area contributed by atoms with Crippen molar-refractivity contribution in [3.63, 3.8) is 0 Å². The summed E-state index contributed by atoms with van der Waals surface area (Å²) in [6.07, 6.45) is 0. The number of benzene rings is 2. The van der Waals surface area contributed by atoms with E-state index < -0.39 is 4.92 Å². The standard InChI is InChI=1S/C18H14N4O2/c1-12-7-8-14(9-13(12)2)18-10-15(11-19)20-21(18)16-5-3-4-6-17(16)22(23)24/h3-10H,1-2H3. The monoisotopic (exact) mass is 318 g/mol. The molecule has 0 atom stereocenters. The van der Waals surface area contributed by atoms with Crippen molar-refractivity contribution in [2.24, 2.45) is 0 Å². The topological polar surface area (TPSA) is 84.8 Å². The number of nitro groups is 1. The summed E-state index contributed by atoms with van der Waals surface area (Å²) in [5, 5.41) is 24.7. The molecule has 1 heterocycles. The molecule has 0 radical (unpaired) electrons. The van der Waals surface area contributed by atoms with E-state index in [2.05, 4.69) is 5.10 Å². The molecule has 0 bridgehead atoms.